The molecule has 1 fully saturated rings. The van der Waals surface area contributed by atoms with E-state index in [0.29, 0.717) is 0 Å². The van der Waals surface area contributed by atoms with Crippen molar-refractivity contribution in [3.63, 3.8) is 0 Å². The second-order valence-electron chi connectivity index (χ2n) is 4.42. The largest absolute Gasteiger partial charge is 0.352 e. The van der Waals surface area contributed by atoms with Crippen LogP contribution in [0.3, 0.4) is 0 Å². The number of hydrogen-bond donors (Lipinski definition) is 2. The lowest BCUT2D eigenvalue weighted by molar-refractivity contribution is -0.122. The maximum absolute atomic E-state index is 12.0. The van der Waals surface area contributed by atoms with Gasteiger partial charge in [-0.25, -0.2) is 0 Å². The highest BCUT2D eigenvalue weighted by Crippen LogP contribution is 2.28. The number of amides is 1. The maximum Gasteiger partial charge on any atom is 0.228 e. The molecule has 1 aromatic heterocycles. The molecule has 1 aliphatic heterocycles. The Morgan fingerprint density at radius 1 is 1.61 bits per heavy atom. The van der Waals surface area contributed by atoms with Gasteiger partial charge in [0.15, 0.2) is 0 Å². The zero-order valence-corrected chi connectivity index (χ0v) is 12.6. The van der Waals surface area contributed by atoms with Gasteiger partial charge in [0.05, 0.1) is 10.3 Å². The van der Waals surface area contributed by atoms with Gasteiger partial charge in [0.2, 0.25) is 5.91 Å². The van der Waals surface area contributed by atoms with Crippen molar-refractivity contribution in [1.82, 2.24) is 10.6 Å². The molecule has 2 N–H and O–H groups in total. The summed E-state index contributed by atoms with van der Waals surface area (Å²) in [6, 6.07) is 4.04. The van der Waals surface area contributed by atoms with Crippen molar-refractivity contribution >= 4 is 41.3 Å². The Kier molecular flexibility index (Phi) is 6.43. The molecule has 3 nitrogen and oxygen atoms in total. The summed E-state index contributed by atoms with van der Waals surface area (Å²) in [5, 5.41) is 6.38. The summed E-state index contributed by atoms with van der Waals surface area (Å²) in [4.78, 5) is 13.1. The van der Waals surface area contributed by atoms with Crippen molar-refractivity contribution in [3.8, 4) is 0 Å². The van der Waals surface area contributed by atoms with Crippen molar-refractivity contribution in [2.24, 2.45) is 0 Å². The standard InChI is InChI=1S/C12H17ClN2OS.ClH/c1-8(10-4-5-11(13)17-10)12(16)15-9-3-2-6-14-7-9;/h4-5,8-9,14H,2-3,6-7H2,1H3,(H,15,16);1H. The SMILES string of the molecule is CC(C(=O)NC1CCCNC1)c1ccc(Cl)s1.Cl. The lowest BCUT2D eigenvalue weighted by Crippen LogP contribution is -2.46. The molecule has 102 valence electrons. The number of carbonyl (C=O) groups is 1. The Hall–Kier alpha value is -0.290. The first-order chi connectivity index (χ1) is 8.16. The molecule has 1 aromatic rings. The lowest BCUT2D eigenvalue weighted by atomic mass is 10.1. The van der Waals surface area contributed by atoms with Gasteiger partial charge in [-0.05, 0) is 38.4 Å². The summed E-state index contributed by atoms with van der Waals surface area (Å²) in [6.45, 7) is 3.86. The quantitative estimate of drug-likeness (QED) is 0.901. The van der Waals surface area contributed by atoms with Crippen LogP contribution in [0, 0.1) is 0 Å². The third kappa shape index (κ3) is 4.12. The number of nitrogens with one attached hydrogen (secondary N) is 2. The number of thiophene rings is 1. The molecule has 1 amide bonds. The smallest absolute Gasteiger partial charge is 0.228 e. The average molecular weight is 309 g/mol. The molecule has 0 spiro atoms. The van der Waals surface area contributed by atoms with Gasteiger partial charge in [-0.3, -0.25) is 4.79 Å². The molecule has 2 unspecified atom stereocenters. The van der Waals surface area contributed by atoms with Crippen LogP contribution in [0.2, 0.25) is 4.34 Å². The summed E-state index contributed by atoms with van der Waals surface area (Å²) in [5.41, 5.74) is 0. The van der Waals surface area contributed by atoms with E-state index in [1.54, 1.807) is 0 Å². The minimum atomic E-state index is -0.116. The van der Waals surface area contributed by atoms with Crippen molar-refractivity contribution in [2.75, 3.05) is 13.1 Å². The van der Waals surface area contributed by atoms with Gasteiger partial charge in [0.25, 0.3) is 0 Å². The van der Waals surface area contributed by atoms with Gasteiger partial charge < -0.3 is 10.6 Å². The summed E-state index contributed by atoms with van der Waals surface area (Å²) in [7, 11) is 0. The number of carbonyl (C=O) groups excluding carboxylic acids is 1. The molecule has 0 aromatic carbocycles. The predicted octanol–water partition coefficient (Wildman–Crippen LogP) is 2.80. The van der Waals surface area contributed by atoms with E-state index in [-0.39, 0.29) is 30.3 Å². The fraction of sp³-hybridized carbons (Fsp3) is 0.583. The predicted molar refractivity (Wildman–Crippen MR) is 79.0 cm³/mol. The Balaban J connectivity index is 0.00000162. The first-order valence-electron chi connectivity index (χ1n) is 5.93. The number of piperidine rings is 1. The van der Waals surface area contributed by atoms with Crippen LogP contribution in [0.25, 0.3) is 0 Å². The van der Waals surface area contributed by atoms with Crippen LogP contribution >= 0.6 is 35.3 Å². The summed E-state index contributed by atoms with van der Waals surface area (Å²) in [6.07, 6.45) is 2.20. The van der Waals surface area contributed by atoms with E-state index in [9.17, 15) is 4.79 Å². The highest BCUT2D eigenvalue weighted by Gasteiger charge is 2.21. The van der Waals surface area contributed by atoms with E-state index in [1.807, 2.05) is 19.1 Å². The number of hydrogen-bond acceptors (Lipinski definition) is 3. The second-order valence-corrected chi connectivity index (χ2v) is 6.16. The van der Waals surface area contributed by atoms with Crippen molar-refractivity contribution in [2.45, 2.75) is 31.7 Å². The molecule has 2 rings (SSSR count). The third-order valence-electron chi connectivity index (χ3n) is 3.06. The summed E-state index contributed by atoms with van der Waals surface area (Å²) < 4.78 is 0.735. The molecule has 0 aliphatic carbocycles. The van der Waals surface area contributed by atoms with Crippen LogP contribution in [0.5, 0.6) is 0 Å². The summed E-state index contributed by atoms with van der Waals surface area (Å²) in [5.74, 6) is -0.0216. The van der Waals surface area contributed by atoms with Crippen LogP contribution in [-0.2, 0) is 4.79 Å². The fourth-order valence-electron chi connectivity index (χ4n) is 1.99. The molecular weight excluding hydrogens is 291 g/mol. The Bertz CT molecular complexity index is 391. The normalized spacial score (nSPS) is 20.9. The first-order valence-corrected chi connectivity index (χ1v) is 7.12. The van der Waals surface area contributed by atoms with E-state index >= 15 is 0 Å². The molecule has 1 aliphatic rings. The maximum atomic E-state index is 12.0. The van der Waals surface area contributed by atoms with Gasteiger partial charge >= 0.3 is 0 Å². The first kappa shape index (κ1) is 15.8. The molecule has 0 bridgehead atoms. The van der Waals surface area contributed by atoms with E-state index in [2.05, 4.69) is 10.6 Å². The fourth-order valence-corrected chi connectivity index (χ4v) is 3.10. The Morgan fingerprint density at radius 3 is 2.94 bits per heavy atom. The minimum absolute atomic E-state index is 0. The monoisotopic (exact) mass is 308 g/mol. The molecule has 2 atom stereocenters. The Labute approximate surface area is 123 Å². The van der Waals surface area contributed by atoms with Gasteiger partial charge in [0, 0.05) is 17.5 Å². The van der Waals surface area contributed by atoms with Crippen molar-refractivity contribution in [3.05, 3.63) is 21.3 Å². The zero-order chi connectivity index (χ0) is 12.3. The molecule has 0 radical (unpaired) electrons. The molecule has 18 heavy (non-hydrogen) atoms. The number of halogens is 2. The Morgan fingerprint density at radius 2 is 2.39 bits per heavy atom. The topological polar surface area (TPSA) is 41.1 Å². The highest BCUT2D eigenvalue weighted by atomic mass is 35.5. The van der Waals surface area contributed by atoms with E-state index in [1.165, 1.54) is 11.3 Å². The third-order valence-corrected chi connectivity index (χ3v) is 4.47. The van der Waals surface area contributed by atoms with Gasteiger partial charge in [0.1, 0.15) is 0 Å². The molecular formula is C12H18Cl2N2OS. The zero-order valence-electron chi connectivity index (χ0n) is 10.2. The average Bonchev–Trinajstić information content (AvgIpc) is 2.76. The van der Waals surface area contributed by atoms with Crippen LogP contribution in [0.1, 0.15) is 30.6 Å². The lowest BCUT2D eigenvalue weighted by Gasteiger charge is -2.25. The van der Waals surface area contributed by atoms with Crippen LogP contribution < -0.4 is 10.6 Å². The summed E-state index contributed by atoms with van der Waals surface area (Å²) >= 11 is 7.35. The van der Waals surface area contributed by atoms with E-state index in [4.69, 9.17) is 11.6 Å². The van der Waals surface area contributed by atoms with Crippen LogP contribution in [0.15, 0.2) is 12.1 Å². The molecule has 6 heteroatoms. The minimum Gasteiger partial charge on any atom is -0.352 e. The van der Waals surface area contributed by atoms with Crippen LogP contribution in [0.4, 0.5) is 0 Å². The van der Waals surface area contributed by atoms with Crippen LogP contribution in [-0.4, -0.2) is 25.0 Å². The second kappa shape index (κ2) is 7.34. The molecule has 0 saturated carbocycles. The van der Waals surface area contributed by atoms with Gasteiger partial charge in [-0.2, -0.15) is 0 Å². The van der Waals surface area contributed by atoms with E-state index < -0.39 is 0 Å². The van der Waals surface area contributed by atoms with E-state index in [0.717, 1.165) is 35.1 Å². The number of rotatable bonds is 3. The van der Waals surface area contributed by atoms with Crippen molar-refractivity contribution in [1.29, 1.82) is 0 Å². The molecule has 2 heterocycles. The van der Waals surface area contributed by atoms with Gasteiger partial charge in [-0.15, -0.1) is 23.7 Å². The molecule has 1 saturated heterocycles. The highest BCUT2D eigenvalue weighted by molar-refractivity contribution is 7.16. The van der Waals surface area contributed by atoms with Crippen molar-refractivity contribution < 1.29 is 4.79 Å². The van der Waals surface area contributed by atoms with Gasteiger partial charge in [-0.1, -0.05) is 11.6 Å².